The van der Waals surface area contributed by atoms with Crippen LogP contribution >= 0.6 is 0 Å². The third-order valence-corrected chi connectivity index (χ3v) is 3.66. The molecule has 0 spiro atoms. The fraction of sp³-hybridized carbons (Fsp3) is 0.375. The van der Waals surface area contributed by atoms with Crippen molar-refractivity contribution in [2.45, 2.75) is 20.3 Å². The molecule has 2 rings (SSSR count). The molecule has 0 radical (unpaired) electrons. The average Bonchev–Trinajstić information content (AvgIpc) is 2.49. The lowest BCUT2D eigenvalue weighted by molar-refractivity contribution is -0.118. The number of carbonyl (C=O) groups is 2. The van der Waals surface area contributed by atoms with Crippen molar-refractivity contribution in [1.29, 1.82) is 0 Å². The predicted molar refractivity (Wildman–Crippen MR) is 82.0 cm³/mol. The zero-order chi connectivity index (χ0) is 17.1. The Morgan fingerprint density at radius 1 is 1.26 bits per heavy atom. The molecule has 2 amide bonds. The summed E-state index contributed by atoms with van der Waals surface area (Å²) in [4.78, 5) is 23.8. The van der Waals surface area contributed by atoms with E-state index in [0.29, 0.717) is 12.0 Å². The van der Waals surface area contributed by atoms with Gasteiger partial charge < -0.3 is 15.3 Å². The number of benzene rings is 1. The highest BCUT2D eigenvalue weighted by molar-refractivity contribution is 5.92. The first-order valence-corrected chi connectivity index (χ1v) is 7.26. The molecule has 0 atom stereocenters. The van der Waals surface area contributed by atoms with E-state index in [2.05, 4.69) is 5.32 Å². The third kappa shape index (κ3) is 3.85. The lowest BCUT2D eigenvalue weighted by Gasteiger charge is -2.24. The van der Waals surface area contributed by atoms with E-state index in [1.54, 1.807) is 19.9 Å². The van der Waals surface area contributed by atoms with Crippen molar-refractivity contribution in [3.05, 3.63) is 35.4 Å². The first-order chi connectivity index (χ1) is 10.8. The zero-order valence-electron chi connectivity index (χ0n) is 12.9. The van der Waals surface area contributed by atoms with Crippen LogP contribution < -0.4 is 5.32 Å². The Labute approximate surface area is 132 Å². The Kier molecular flexibility index (Phi) is 4.98. The summed E-state index contributed by atoms with van der Waals surface area (Å²) in [5.74, 6) is -2.28. The molecule has 1 heterocycles. The molecule has 0 saturated heterocycles. The van der Waals surface area contributed by atoms with Gasteiger partial charge in [-0.1, -0.05) is 19.9 Å². The number of amides is 2. The second kappa shape index (κ2) is 6.76. The molecule has 0 saturated carbocycles. The van der Waals surface area contributed by atoms with Crippen molar-refractivity contribution in [1.82, 2.24) is 4.90 Å². The van der Waals surface area contributed by atoms with E-state index in [4.69, 9.17) is 5.11 Å². The van der Waals surface area contributed by atoms with Gasteiger partial charge in [-0.15, -0.1) is 0 Å². The SMILES string of the molecule is CC(C)C(=O)Nc1cc(C2=CCN(C(=O)O)CC2)c(F)cc1F. The standard InChI is InChI=1S/C16H18F2N2O3/c1-9(2)15(21)19-14-7-11(12(17)8-13(14)18)10-3-5-20(6-4-10)16(22)23/h3,7-9H,4-6H2,1-2H3,(H,19,21)(H,22,23). The number of nitrogens with zero attached hydrogens (tertiary/aromatic N) is 1. The number of hydrogen-bond acceptors (Lipinski definition) is 2. The number of carbonyl (C=O) groups excluding carboxylic acids is 1. The van der Waals surface area contributed by atoms with Crippen LogP contribution in [0.2, 0.25) is 0 Å². The molecular weight excluding hydrogens is 306 g/mol. The van der Waals surface area contributed by atoms with E-state index in [1.165, 1.54) is 11.0 Å². The maximum absolute atomic E-state index is 14.0. The highest BCUT2D eigenvalue weighted by atomic mass is 19.1. The van der Waals surface area contributed by atoms with Gasteiger partial charge in [0, 0.05) is 30.6 Å². The maximum atomic E-state index is 14.0. The summed E-state index contributed by atoms with van der Waals surface area (Å²) in [7, 11) is 0. The molecule has 7 heteroatoms. The summed E-state index contributed by atoms with van der Waals surface area (Å²) < 4.78 is 27.9. The highest BCUT2D eigenvalue weighted by Gasteiger charge is 2.21. The van der Waals surface area contributed by atoms with Crippen molar-refractivity contribution < 1.29 is 23.5 Å². The minimum atomic E-state index is -1.04. The minimum Gasteiger partial charge on any atom is -0.465 e. The van der Waals surface area contributed by atoms with Gasteiger partial charge in [-0.25, -0.2) is 13.6 Å². The summed E-state index contributed by atoms with van der Waals surface area (Å²) in [6.07, 6.45) is 0.888. The number of carboxylic acid groups (broad SMARTS) is 1. The summed E-state index contributed by atoms with van der Waals surface area (Å²) in [5.41, 5.74) is 0.692. The molecule has 5 nitrogen and oxygen atoms in total. The van der Waals surface area contributed by atoms with Gasteiger partial charge >= 0.3 is 6.09 Å². The fourth-order valence-corrected chi connectivity index (χ4v) is 2.26. The molecular formula is C16H18F2N2O3. The number of nitrogens with one attached hydrogen (secondary N) is 1. The lowest BCUT2D eigenvalue weighted by atomic mass is 9.98. The van der Waals surface area contributed by atoms with Crippen LogP contribution in [0, 0.1) is 17.6 Å². The van der Waals surface area contributed by atoms with Gasteiger partial charge in [-0.05, 0) is 18.1 Å². The van der Waals surface area contributed by atoms with Gasteiger partial charge in [-0.3, -0.25) is 4.79 Å². The van der Waals surface area contributed by atoms with Gasteiger partial charge in [-0.2, -0.15) is 0 Å². The van der Waals surface area contributed by atoms with Crippen molar-refractivity contribution in [3.63, 3.8) is 0 Å². The van der Waals surface area contributed by atoms with Crippen LogP contribution in [0.3, 0.4) is 0 Å². The Morgan fingerprint density at radius 2 is 1.96 bits per heavy atom. The summed E-state index contributed by atoms with van der Waals surface area (Å²) in [6.45, 7) is 3.73. The Balaban J connectivity index is 2.29. The van der Waals surface area contributed by atoms with Gasteiger partial charge in [0.15, 0.2) is 0 Å². The lowest BCUT2D eigenvalue weighted by Crippen LogP contribution is -2.33. The van der Waals surface area contributed by atoms with E-state index in [1.807, 2.05) is 0 Å². The van der Waals surface area contributed by atoms with E-state index in [-0.39, 0.29) is 36.2 Å². The van der Waals surface area contributed by atoms with E-state index in [9.17, 15) is 18.4 Å². The van der Waals surface area contributed by atoms with Crippen LogP contribution in [0.5, 0.6) is 0 Å². The largest absolute Gasteiger partial charge is 0.465 e. The Hall–Kier alpha value is -2.44. The molecule has 0 bridgehead atoms. The van der Waals surface area contributed by atoms with Crippen molar-refractivity contribution >= 4 is 23.3 Å². The summed E-state index contributed by atoms with van der Waals surface area (Å²) in [5, 5.41) is 11.3. The van der Waals surface area contributed by atoms with Crippen LogP contribution in [-0.4, -0.2) is 35.1 Å². The van der Waals surface area contributed by atoms with Gasteiger partial charge in [0.05, 0.1) is 5.69 Å². The molecule has 1 aromatic carbocycles. The highest BCUT2D eigenvalue weighted by Crippen LogP contribution is 2.29. The van der Waals surface area contributed by atoms with E-state index in [0.717, 1.165) is 6.07 Å². The van der Waals surface area contributed by atoms with E-state index >= 15 is 0 Å². The van der Waals surface area contributed by atoms with Crippen molar-refractivity contribution in [2.75, 3.05) is 18.4 Å². The first kappa shape index (κ1) is 16.9. The number of halogens is 2. The van der Waals surface area contributed by atoms with Crippen LogP contribution in [0.15, 0.2) is 18.2 Å². The van der Waals surface area contributed by atoms with E-state index < -0.39 is 17.7 Å². The molecule has 0 aromatic heterocycles. The fourth-order valence-electron chi connectivity index (χ4n) is 2.26. The molecule has 0 unspecified atom stereocenters. The molecule has 2 N–H and O–H groups in total. The molecule has 124 valence electrons. The number of rotatable bonds is 3. The molecule has 0 aliphatic carbocycles. The number of anilines is 1. The van der Waals surface area contributed by atoms with Crippen LogP contribution in [0.1, 0.15) is 25.8 Å². The monoisotopic (exact) mass is 324 g/mol. The predicted octanol–water partition coefficient (Wildman–Crippen LogP) is 3.33. The average molecular weight is 324 g/mol. The zero-order valence-corrected chi connectivity index (χ0v) is 12.9. The summed E-state index contributed by atoms with van der Waals surface area (Å²) in [6, 6.07) is 1.99. The van der Waals surface area contributed by atoms with Crippen molar-refractivity contribution in [3.8, 4) is 0 Å². The van der Waals surface area contributed by atoms with Gasteiger partial charge in [0.1, 0.15) is 11.6 Å². The van der Waals surface area contributed by atoms with Crippen LogP contribution in [-0.2, 0) is 4.79 Å². The molecule has 0 fully saturated rings. The topological polar surface area (TPSA) is 69.6 Å². The summed E-state index contributed by atoms with van der Waals surface area (Å²) >= 11 is 0. The maximum Gasteiger partial charge on any atom is 0.407 e. The Morgan fingerprint density at radius 3 is 2.48 bits per heavy atom. The second-order valence-electron chi connectivity index (χ2n) is 5.66. The molecule has 1 aromatic rings. The Bertz CT molecular complexity index is 672. The number of hydrogen-bond donors (Lipinski definition) is 2. The third-order valence-electron chi connectivity index (χ3n) is 3.66. The normalized spacial score (nSPS) is 14.7. The van der Waals surface area contributed by atoms with Gasteiger partial charge in [0.25, 0.3) is 0 Å². The van der Waals surface area contributed by atoms with Crippen molar-refractivity contribution in [2.24, 2.45) is 5.92 Å². The van der Waals surface area contributed by atoms with Gasteiger partial charge in [0.2, 0.25) is 5.91 Å². The smallest absolute Gasteiger partial charge is 0.407 e. The minimum absolute atomic E-state index is 0.0818. The quantitative estimate of drug-likeness (QED) is 0.896. The molecule has 1 aliphatic heterocycles. The molecule has 1 aliphatic rings. The molecule has 23 heavy (non-hydrogen) atoms. The van der Waals surface area contributed by atoms with Crippen LogP contribution in [0.25, 0.3) is 5.57 Å². The van der Waals surface area contributed by atoms with Crippen LogP contribution in [0.4, 0.5) is 19.3 Å². The second-order valence-corrected chi connectivity index (χ2v) is 5.66. The first-order valence-electron chi connectivity index (χ1n) is 7.26.